The number of ketones is 1. The van der Waals surface area contributed by atoms with E-state index in [4.69, 9.17) is 4.74 Å². The molecule has 2 fully saturated rings. The predicted octanol–water partition coefficient (Wildman–Crippen LogP) is 3.46. The van der Waals surface area contributed by atoms with Crippen molar-refractivity contribution in [3.63, 3.8) is 0 Å². The molecule has 0 aliphatic carbocycles. The lowest BCUT2D eigenvalue weighted by Crippen LogP contribution is -2.57. The molecule has 6 nitrogen and oxygen atoms in total. The van der Waals surface area contributed by atoms with Crippen LogP contribution in [0.5, 0.6) is 0 Å². The first-order valence-electron chi connectivity index (χ1n) is 9.38. The summed E-state index contributed by atoms with van der Waals surface area (Å²) in [6, 6.07) is 5.75. The third-order valence-electron chi connectivity index (χ3n) is 5.11. The Kier molecular flexibility index (Phi) is 6.77. The summed E-state index contributed by atoms with van der Waals surface area (Å²) in [4.78, 5) is 39.1. The molecular weight excluding hydrogens is 447 g/mol. The maximum atomic E-state index is 13.6. The topological polar surface area (TPSA) is 66.9 Å². The zero-order chi connectivity index (χ0) is 22.8. The lowest BCUT2D eigenvalue weighted by atomic mass is 10.0. The number of hydrogen-bond donors (Lipinski definition) is 0. The number of amides is 2. The zero-order valence-electron chi connectivity index (χ0n) is 16.1. The Morgan fingerprint density at radius 1 is 1.03 bits per heavy atom. The standard InChI is InChI=1S/C19H19F5N2O4S/c20-18(21,19(22,23)24)15(27)13-7-4-8-25(13)16(28)14-10-31-11-26(14)17(29)30-9-12-5-2-1-3-6-12/h1-3,5-6,13-14H,4,7-11H2. The van der Waals surface area contributed by atoms with Gasteiger partial charge >= 0.3 is 18.2 Å². The second-order valence-corrected chi connectivity index (χ2v) is 8.15. The largest absolute Gasteiger partial charge is 0.461 e. The van der Waals surface area contributed by atoms with Crippen LogP contribution in [0.25, 0.3) is 0 Å². The summed E-state index contributed by atoms with van der Waals surface area (Å²) in [6.07, 6.45) is -7.05. The molecule has 3 rings (SSSR count). The molecule has 2 saturated heterocycles. The van der Waals surface area contributed by atoms with Crippen molar-refractivity contribution in [3.8, 4) is 0 Å². The molecule has 0 radical (unpaired) electrons. The fraction of sp³-hybridized carbons (Fsp3) is 0.526. The number of carbonyl (C=O) groups excluding carboxylic acids is 3. The summed E-state index contributed by atoms with van der Waals surface area (Å²) in [5, 5.41) is 0. The first-order valence-corrected chi connectivity index (χ1v) is 10.5. The lowest BCUT2D eigenvalue weighted by molar-refractivity contribution is -0.270. The van der Waals surface area contributed by atoms with Gasteiger partial charge in [0.25, 0.3) is 0 Å². The Hall–Kier alpha value is -2.37. The number of thioether (sulfide) groups is 1. The smallest absolute Gasteiger partial charge is 0.445 e. The second-order valence-electron chi connectivity index (χ2n) is 7.15. The Balaban J connectivity index is 1.68. The number of hydrogen-bond acceptors (Lipinski definition) is 5. The number of rotatable bonds is 5. The van der Waals surface area contributed by atoms with Gasteiger partial charge in [0.15, 0.2) is 0 Å². The maximum absolute atomic E-state index is 13.6. The summed E-state index contributed by atoms with van der Waals surface area (Å²) in [7, 11) is 0. The van der Waals surface area contributed by atoms with E-state index in [-0.39, 0.29) is 37.6 Å². The fourth-order valence-electron chi connectivity index (χ4n) is 3.47. The van der Waals surface area contributed by atoms with Crippen LogP contribution in [-0.4, -0.2) is 69.9 Å². The fourth-order valence-corrected chi connectivity index (χ4v) is 4.61. The van der Waals surface area contributed by atoms with Gasteiger partial charge in [0.1, 0.15) is 12.6 Å². The van der Waals surface area contributed by atoms with E-state index in [0.717, 1.165) is 9.80 Å². The van der Waals surface area contributed by atoms with E-state index >= 15 is 0 Å². The summed E-state index contributed by atoms with van der Waals surface area (Å²) in [6.45, 7) is -0.193. The van der Waals surface area contributed by atoms with Crippen molar-refractivity contribution in [2.24, 2.45) is 0 Å². The Morgan fingerprint density at radius 2 is 1.71 bits per heavy atom. The average Bonchev–Trinajstić information content (AvgIpc) is 3.40. The summed E-state index contributed by atoms with van der Waals surface area (Å²) < 4.78 is 70.1. The van der Waals surface area contributed by atoms with Crippen LogP contribution in [0.1, 0.15) is 18.4 Å². The maximum Gasteiger partial charge on any atom is 0.461 e. The van der Waals surface area contributed by atoms with Gasteiger partial charge in [0, 0.05) is 12.3 Å². The predicted molar refractivity (Wildman–Crippen MR) is 100 cm³/mol. The quantitative estimate of drug-likeness (QED) is 0.622. The molecule has 2 atom stereocenters. The average molecular weight is 466 g/mol. The summed E-state index contributed by atoms with van der Waals surface area (Å²) >= 11 is 1.21. The summed E-state index contributed by atoms with van der Waals surface area (Å²) in [5.74, 6) is -8.54. The molecule has 1 aromatic carbocycles. The van der Waals surface area contributed by atoms with E-state index in [1.807, 2.05) is 0 Å². The number of carbonyl (C=O) groups is 3. The number of Topliss-reactive ketones (excluding diaryl/α,β-unsaturated/α-hetero) is 1. The SMILES string of the molecule is O=C(OCc1ccccc1)N1CSCC1C(=O)N1CCCC1C(=O)C(F)(F)C(F)(F)F. The highest BCUT2D eigenvalue weighted by Crippen LogP contribution is 2.39. The highest BCUT2D eigenvalue weighted by Gasteiger charge is 2.65. The Labute approximate surface area is 178 Å². The van der Waals surface area contributed by atoms with Crippen LogP contribution in [0.2, 0.25) is 0 Å². The van der Waals surface area contributed by atoms with E-state index in [1.165, 1.54) is 11.8 Å². The monoisotopic (exact) mass is 466 g/mol. The van der Waals surface area contributed by atoms with Gasteiger partial charge in [-0.3, -0.25) is 14.5 Å². The van der Waals surface area contributed by atoms with Crippen molar-refractivity contribution >= 4 is 29.5 Å². The van der Waals surface area contributed by atoms with Crippen molar-refractivity contribution in [2.45, 2.75) is 43.6 Å². The van der Waals surface area contributed by atoms with Crippen molar-refractivity contribution in [3.05, 3.63) is 35.9 Å². The van der Waals surface area contributed by atoms with Gasteiger partial charge in [-0.1, -0.05) is 30.3 Å². The molecule has 0 spiro atoms. The highest BCUT2D eigenvalue weighted by molar-refractivity contribution is 7.99. The van der Waals surface area contributed by atoms with E-state index in [2.05, 4.69) is 0 Å². The van der Waals surface area contributed by atoms with E-state index in [0.29, 0.717) is 5.56 Å². The normalized spacial score (nSPS) is 22.0. The first-order chi connectivity index (χ1) is 14.5. The number of likely N-dealkylation sites (tertiary alicyclic amines) is 1. The third kappa shape index (κ3) is 4.78. The molecule has 31 heavy (non-hydrogen) atoms. The van der Waals surface area contributed by atoms with Crippen molar-refractivity contribution in [1.29, 1.82) is 0 Å². The van der Waals surface area contributed by atoms with E-state index < -0.39 is 42.0 Å². The molecule has 1 aromatic rings. The van der Waals surface area contributed by atoms with E-state index in [1.54, 1.807) is 30.3 Å². The van der Waals surface area contributed by atoms with Gasteiger partial charge in [-0.25, -0.2) is 4.79 Å². The molecular formula is C19H19F5N2O4S. The molecule has 0 aromatic heterocycles. The van der Waals surface area contributed by atoms with E-state index in [9.17, 15) is 36.3 Å². The van der Waals surface area contributed by atoms with Gasteiger partial charge < -0.3 is 9.64 Å². The van der Waals surface area contributed by atoms with Crippen LogP contribution in [0.4, 0.5) is 26.7 Å². The second kappa shape index (κ2) is 9.01. The van der Waals surface area contributed by atoms with Crippen LogP contribution < -0.4 is 0 Å². The van der Waals surface area contributed by atoms with Crippen LogP contribution in [0.15, 0.2) is 30.3 Å². The minimum absolute atomic E-state index is 0.0512. The Morgan fingerprint density at radius 3 is 2.35 bits per heavy atom. The first kappa shape index (κ1) is 23.3. The molecule has 0 N–H and O–H groups in total. The zero-order valence-corrected chi connectivity index (χ0v) is 16.9. The third-order valence-corrected chi connectivity index (χ3v) is 6.12. The number of alkyl halides is 5. The minimum atomic E-state index is -6.04. The van der Waals surface area contributed by atoms with Crippen LogP contribution >= 0.6 is 11.8 Å². The van der Waals surface area contributed by atoms with Gasteiger partial charge in [0.05, 0.1) is 11.9 Å². The minimum Gasteiger partial charge on any atom is -0.445 e. The highest BCUT2D eigenvalue weighted by atomic mass is 32.2. The van der Waals surface area contributed by atoms with Gasteiger partial charge in [-0.2, -0.15) is 22.0 Å². The van der Waals surface area contributed by atoms with Crippen LogP contribution in [-0.2, 0) is 20.9 Å². The molecule has 170 valence electrons. The lowest BCUT2D eigenvalue weighted by Gasteiger charge is -2.31. The van der Waals surface area contributed by atoms with Gasteiger partial charge in [0.2, 0.25) is 11.7 Å². The molecule has 0 bridgehead atoms. The van der Waals surface area contributed by atoms with Crippen molar-refractivity contribution in [2.75, 3.05) is 18.2 Å². The number of halogens is 5. The molecule has 2 unspecified atom stereocenters. The van der Waals surface area contributed by atoms with Crippen molar-refractivity contribution in [1.82, 2.24) is 9.80 Å². The van der Waals surface area contributed by atoms with Crippen molar-refractivity contribution < 1.29 is 41.1 Å². The molecule has 12 heteroatoms. The number of ether oxygens (including phenoxy) is 1. The molecule has 2 heterocycles. The molecule has 0 saturated carbocycles. The van der Waals surface area contributed by atoms with Crippen LogP contribution in [0, 0.1) is 0 Å². The number of benzene rings is 1. The Bertz CT molecular complexity index is 836. The van der Waals surface area contributed by atoms with Crippen LogP contribution in [0.3, 0.4) is 0 Å². The number of nitrogens with zero attached hydrogens (tertiary/aromatic N) is 2. The summed E-state index contributed by atoms with van der Waals surface area (Å²) in [5.41, 5.74) is 0.713. The van der Waals surface area contributed by atoms with Gasteiger partial charge in [-0.05, 0) is 18.4 Å². The molecule has 2 aliphatic rings. The molecule has 2 amide bonds. The van der Waals surface area contributed by atoms with Gasteiger partial charge in [-0.15, -0.1) is 11.8 Å². The molecule has 2 aliphatic heterocycles.